The van der Waals surface area contributed by atoms with Crippen LogP contribution < -0.4 is 15.1 Å². The van der Waals surface area contributed by atoms with E-state index < -0.39 is 17.8 Å². The van der Waals surface area contributed by atoms with Gasteiger partial charge in [-0.2, -0.15) is 0 Å². The van der Waals surface area contributed by atoms with E-state index in [1.807, 2.05) is 54.6 Å². The summed E-state index contributed by atoms with van der Waals surface area (Å²) >= 11 is 6.11. The predicted molar refractivity (Wildman–Crippen MR) is 124 cm³/mol. The number of benzene rings is 2. The molecule has 7 heteroatoms. The molecule has 2 unspecified atom stereocenters. The van der Waals surface area contributed by atoms with Gasteiger partial charge in [-0.3, -0.25) is 9.59 Å². The first kappa shape index (κ1) is 21.2. The maximum absolute atomic E-state index is 12.6. The fraction of sp³-hybridized carbons (Fsp3) is 0.333. The number of halogens is 1. The summed E-state index contributed by atoms with van der Waals surface area (Å²) < 4.78 is 0. The maximum atomic E-state index is 12.6. The van der Waals surface area contributed by atoms with Crippen LogP contribution >= 0.6 is 11.6 Å². The third-order valence-corrected chi connectivity index (χ3v) is 6.27. The van der Waals surface area contributed by atoms with E-state index in [-0.39, 0.29) is 5.91 Å². The smallest absolute Gasteiger partial charge is 0.307 e. The monoisotopic (exact) mass is 439 g/mol. The predicted octanol–water partition coefficient (Wildman–Crippen LogP) is 4.27. The topological polar surface area (TPSA) is 72.9 Å². The summed E-state index contributed by atoms with van der Waals surface area (Å²) in [6, 6.07) is 15.7. The molecular weight excluding hydrogens is 414 g/mol. The van der Waals surface area contributed by atoms with Gasteiger partial charge in [0.15, 0.2) is 0 Å². The van der Waals surface area contributed by atoms with Gasteiger partial charge in [0.25, 0.3) is 0 Å². The molecule has 1 fully saturated rings. The highest BCUT2D eigenvalue weighted by Gasteiger charge is 2.34. The fourth-order valence-corrected chi connectivity index (χ4v) is 4.45. The molecule has 4 rings (SSSR count). The molecule has 0 bridgehead atoms. The molecule has 2 aliphatic rings. The molecule has 0 radical (unpaired) electrons. The first-order chi connectivity index (χ1) is 15.0. The Morgan fingerprint density at radius 1 is 0.871 bits per heavy atom. The Balaban J connectivity index is 1.34. The molecule has 0 spiro atoms. The van der Waals surface area contributed by atoms with Crippen LogP contribution in [0.2, 0.25) is 5.02 Å². The fourth-order valence-electron chi connectivity index (χ4n) is 4.26. The van der Waals surface area contributed by atoms with Crippen LogP contribution in [0.3, 0.4) is 0 Å². The number of nitrogens with zero attached hydrogens (tertiary/aromatic N) is 2. The van der Waals surface area contributed by atoms with E-state index in [0.717, 1.165) is 42.6 Å². The lowest BCUT2D eigenvalue weighted by molar-refractivity contribution is -0.146. The molecule has 1 heterocycles. The number of piperazine rings is 1. The van der Waals surface area contributed by atoms with Crippen molar-refractivity contribution in [1.82, 2.24) is 0 Å². The molecule has 1 saturated heterocycles. The zero-order valence-corrected chi connectivity index (χ0v) is 18.0. The number of carboxylic acids is 1. The van der Waals surface area contributed by atoms with Crippen molar-refractivity contribution in [2.24, 2.45) is 11.8 Å². The number of aliphatic carboxylic acids is 1. The number of amides is 1. The molecule has 2 aromatic carbocycles. The third kappa shape index (κ3) is 5.02. The van der Waals surface area contributed by atoms with Gasteiger partial charge in [0.05, 0.1) is 11.8 Å². The van der Waals surface area contributed by atoms with Crippen LogP contribution in [0.25, 0.3) is 0 Å². The van der Waals surface area contributed by atoms with Gasteiger partial charge in [0, 0.05) is 48.3 Å². The van der Waals surface area contributed by atoms with Crippen LogP contribution in [0, 0.1) is 11.8 Å². The highest BCUT2D eigenvalue weighted by Crippen LogP contribution is 2.28. The number of carboxylic acid groups (broad SMARTS) is 1. The molecule has 6 nitrogen and oxygen atoms in total. The Hall–Kier alpha value is -2.99. The molecule has 2 aromatic rings. The van der Waals surface area contributed by atoms with Crippen LogP contribution in [0.5, 0.6) is 0 Å². The van der Waals surface area contributed by atoms with Gasteiger partial charge >= 0.3 is 5.97 Å². The number of anilines is 3. The van der Waals surface area contributed by atoms with E-state index in [9.17, 15) is 14.7 Å². The Bertz CT molecular complexity index is 968. The van der Waals surface area contributed by atoms with E-state index >= 15 is 0 Å². The average Bonchev–Trinajstić information content (AvgIpc) is 2.79. The minimum Gasteiger partial charge on any atom is -0.481 e. The van der Waals surface area contributed by atoms with Gasteiger partial charge in [-0.1, -0.05) is 29.8 Å². The number of carbonyl (C=O) groups is 2. The van der Waals surface area contributed by atoms with E-state index in [4.69, 9.17) is 11.6 Å². The molecule has 1 aliphatic carbocycles. The second kappa shape index (κ2) is 9.43. The summed E-state index contributed by atoms with van der Waals surface area (Å²) in [7, 11) is 0. The van der Waals surface area contributed by atoms with Gasteiger partial charge in [-0.05, 0) is 55.3 Å². The van der Waals surface area contributed by atoms with Gasteiger partial charge in [-0.15, -0.1) is 0 Å². The standard InChI is InChI=1S/C24H26ClN3O3/c25-17-4-3-5-20(16-17)28-14-12-27(13-15-28)19-10-8-18(9-11-19)26-23(29)21-6-1-2-7-22(21)24(30)31/h1-5,8-11,16,21-22H,6-7,12-15H2,(H,26,29)(H,30,31). The molecule has 31 heavy (non-hydrogen) atoms. The van der Waals surface area contributed by atoms with Gasteiger partial charge < -0.3 is 20.2 Å². The molecular formula is C24H26ClN3O3. The number of rotatable bonds is 5. The van der Waals surface area contributed by atoms with Crippen molar-refractivity contribution < 1.29 is 14.7 Å². The van der Waals surface area contributed by atoms with E-state index in [1.54, 1.807) is 0 Å². The van der Waals surface area contributed by atoms with Crippen molar-refractivity contribution in [3.63, 3.8) is 0 Å². The SMILES string of the molecule is O=C(O)C1CC=CCC1C(=O)Nc1ccc(N2CCN(c3cccc(Cl)c3)CC2)cc1. The number of hydrogen-bond donors (Lipinski definition) is 2. The highest BCUT2D eigenvalue weighted by atomic mass is 35.5. The molecule has 162 valence electrons. The van der Waals surface area contributed by atoms with Crippen LogP contribution in [0.4, 0.5) is 17.1 Å². The summed E-state index contributed by atoms with van der Waals surface area (Å²) in [6.45, 7) is 3.61. The van der Waals surface area contributed by atoms with Gasteiger partial charge in [0.1, 0.15) is 0 Å². The van der Waals surface area contributed by atoms with Crippen LogP contribution in [0.1, 0.15) is 12.8 Å². The van der Waals surface area contributed by atoms with Crippen LogP contribution in [-0.2, 0) is 9.59 Å². The van der Waals surface area contributed by atoms with Crippen molar-refractivity contribution >= 4 is 40.5 Å². The van der Waals surface area contributed by atoms with E-state index in [2.05, 4.69) is 21.2 Å². The van der Waals surface area contributed by atoms with Crippen molar-refractivity contribution in [3.8, 4) is 0 Å². The normalized spacial score (nSPS) is 21.1. The number of hydrogen-bond acceptors (Lipinski definition) is 4. The Kier molecular flexibility index (Phi) is 6.47. The third-order valence-electron chi connectivity index (χ3n) is 6.04. The van der Waals surface area contributed by atoms with Crippen molar-refractivity contribution in [1.29, 1.82) is 0 Å². The number of carbonyl (C=O) groups excluding carboxylic acids is 1. The van der Waals surface area contributed by atoms with Crippen molar-refractivity contribution in [2.75, 3.05) is 41.3 Å². The second-order valence-corrected chi connectivity index (χ2v) is 8.42. The first-order valence-electron chi connectivity index (χ1n) is 10.6. The van der Waals surface area contributed by atoms with Gasteiger partial charge in [0.2, 0.25) is 5.91 Å². The Morgan fingerprint density at radius 3 is 2.10 bits per heavy atom. The van der Waals surface area contributed by atoms with Crippen molar-refractivity contribution in [2.45, 2.75) is 12.8 Å². The highest BCUT2D eigenvalue weighted by molar-refractivity contribution is 6.30. The van der Waals surface area contributed by atoms with E-state index in [1.165, 1.54) is 0 Å². The Morgan fingerprint density at radius 2 is 1.48 bits per heavy atom. The molecule has 2 N–H and O–H groups in total. The van der Waals surface area contributed by atoms with Crippen LogP contribution in [-0.4, -0.2) is 43.2 Å². The summed E-state index contributed by atoms with van der Waals surface area (Å²) in [4.78, 5) is 28.7. The minimum atomic E-state index is -0.920. The van der Waals surface area contributed by atoms with Gasteiger partial charge in [-0.25, -0.2) is 0 Å². The molecule has 1 amide bonds. The largest absolute Gasteiger partial charge is 0.481 e. The summed E-state index contributed by atoms with van der Waals surface area (Å²) in [5, 5.41) is 13.0. The lowest BCUT2D eigenvalue weighted by Gasteiger charge is -2.37. The summed E-state index contributed by atoms with van der Waals surface area (Å²) in [5.41, 5.74) is 2.93. The number of nitrogens with one attached hydrogen (secondary N) is 1. The number of allylic oxidation sites excluding steroid dienone is 2. The molecule has 1 aliphatic heterocycles. The molecule has 2 atom stereocenters. The lowest BCUT2D eigenvalue weighted by Crippen LogP contribution is -2.46. The summed E-state index contributed by atoms with van der Waals surface area (Å²) in [6.07, 6.45) is 4.57. The quantitative estimate of drug-likeness (QED) is 0.680. The Labute approximate surface area is 187 Å². The first-order valence-corrected chi connectivity index (χ1v) is 10.9. The van der Waals surface area contributed by atoms with Crippen molar-refractivity contribution in [3.05, 3.63) is 65.7 Å². The average molecular weight is 440 g/mol. The zero-order valence-electron chi connectivity index (χ0n) is 17.2. The summed E-state index contributed by atoms with van der Waals surface area (Å²) in [5.74, 6) is -2.36. The van der Waals surface area contributed by atoms with Crippen LogP contribution in [0.15, 0.2) is 60.7 Å². The maximum Gasteiger partial charge on any atom is 0.307 e. The lowest BCUT2D eigenvalue weighted by atomic mass is 9.82. The molecule has 0 aromatic heterocycles. The zero-order chi connectivity index (χ0) is 21.8. The second-order valence-electron chi connectivity index (χ2n) is 7.98. The van der Waals surface area contributed by atoms with E-state index in [0.29, 0.717) is 18.5 Å². The minimum absolute atomic E-state index is 0.236. The molecule has 0 saturated carbocycles.